The molecule has 0 aromatic heterocycles. The first-order chi connectivity index (χ1) is 8.47. The molecule has 18 heavy (non-hydrogen) atoms. The summed E-state index contributed by atoms with van der Waals surface area (Å²) in [5.74, 6) is 0. The first-order valence-corrected chi connectivity index (χ1v) is 8.43. The minimum Gasteiger partial charge on any atom is -0.376 e. The maximum absolute atomic E-state index is 5.58. The molecule has 1 rings (SSSR count). The molecule has 0 spiro atoms. The Morgan fingerprint density at radius 3 is 2.17 bits per heavy atom. The third kappa shape index (κ3) is 2.70. The summed E-state index contributed by atoms with van der Waals surface area (Å²) in [5.41, 5.74) is 2.39. The minimum absolute atomic E-state index is 0.469. The van der Waals surface area contributed by atoms with Crippen LogP contribution in [0.15, 0.2) is 24.3 Å². The van der Waals surface area contributed by atoms with Crippen molar-refractivity contribution in [3.05, 3.63) is 35.4 Å². The third-order valence-electron chi connectivity index (χ3n) is 3.26. The monoisotopic (exact) mass is 332 g/mol. The molecule has 0 aliphatic carbocycles. The van der Waals surface area contributed by atoms with Crippen LogP contribution >= 0.6 is 15.9 Å². The molecular weight excluding hydrogens is 312 g/mol. The Balaban J connectivity index is 3.25. The van der Waals surface area contributed by atoms with Crippen LogP contribution in [0.5, 0.6) is 0 Å². The highest BCUT2D eigenvalue weighted by molar-refractivity contribution is 9.10. The lowest BCUT2D eigenvalue weighted by Gasteiger charge is -2.37. The zero-order chi connectivity index (χ0) is 13.8. The van der Waals surface area contributed by atoms with Gasteiger partial charge in [-0.2, -0.15) is 0 Å². The summed E-state index contributed by atoms with van der Waals surface area (Å²) in [6.07, 6.45) is 0.998. The van der Waals surface area contributed by atoms with Gasteiger partial charge in [-0.05, 0) is 24.5 Å². The van der Waals surface area contributed by atoms with E-state index in [1.54, 1.807) is 21.3 Å². The molecule has 0 heterocycles. The van der Waals surface area contributed by atoms with E-state index in [0.29, 0.717) is 0 Å². The van der Waals surface area contributed by atoms with Gasteiger partial charge in [-0.25, -0.2) is 0 Å². The summed E-state index contributed by atoms with van der Waals surface area (Å²) in [5, 5.41) is 0. The van der Waals surface area contributed by atoms with E-state index in [1.807, 2.05) is 13.0 Å². The Bertz CT molecular complexity index is 383. The highest BCUT2D eigenvalue weighted by Gasteiger charge is 2.56. The van der Waals surface area contributed by atoms with E-state index in [9.17, 15) is 0 Å². The predicted octanol–water partition coefficient (Wildman–Crippen LogP) is 3.28. The molecule has 1 aromatic carbocycles. The van der Waals surface area contributed by atoms with Crippen LogP contribution in [0.2, 0.25) is 0 Å². The summed E-state index contributed by atoms with van der Waals surface area (Å²) in [6, 6.07) is 8.39. The van der Waals surface area contributed by atoms with Crippen LogP contribution in [0.1, 0.15) is 25.0 Å². The summed E-state index contributed by atoms with van der Waals surface area (Å²) in [4.78, 5) is 0. The van der Waals surface area contributed by atoms with E-state index < -0.39 is 12.8 Å². The van der Waals surface area contributed by atoms with Crippen molar-refractivity contribution in [3.63, 3.8) is 0 Å². The Labute approximate surface area is 119 Å². The second-order valence-corrected chi connectivity index (χ2v) is 9.88. The molecule has 0 fully saturated rings. The quantitative estimate of drug-likeness (QED) is 0.591. The molecular formula is C13H21BrO3Si. The van der Waals surface area contributed by atoms with Gasteiger partial charge in [0.05, 0.1) is 0 Å². The van der Waals surface area contributed by atoms with Crippen LogP contribution in [0.3, 0.4) is 0 Å². The molecule has 3 nitrogen and oxygen atoms in total. The first kappa shape index (κ1) is 15.9. The van der Waals surface area contributed by atoms with Crippen LogP contribution < -0.4 is 0 Å². The third-order valence-corrected chi connectivity index (χ3v) is 8.22. The molecule has 102 valence electrons. The van der Waals surface area contributed by atoms with Crippen molar-refractivity contribution < 1.29 is 13.3 Å². The van der Waals surface area contributed by atoms with Crippen LogP contribution in [0, 0.1) is 0 Å². The van der Waals surface area contributed by atoms with Gasteiger partial charge in [-0.3, -0.25) is 0 Å². The molecule has 0 saturated carbocycles. The fraction of sp³-hybridized carbons (Fsp3) is 0.538. The van der Waals surface area contributed by atoms with Crippen molar-refractivity contribution in [2.45, 2.75) is 24.2 Å². The van der Waals surface area contributed by atoms with Gasteiger partial charge >= 0.3 is 8.80 Å². The van der Waals surface area contributed by atoms with E-state index in [1.165, 1.54) is 5.56 Å². The molecule has 1 unspecified atom stereocenters. The maximum Gasteiger partial charge on any atom is 0.522 e. The second kappa shape index (κ2) is 6.30. The molecule has 0 aliphatic rings. The van der Waals surface area contributed by atoms with Crippen molar-refractivity contribution in [1.82, 2.24) is 0 Å². The second-order valence-electron chi connectivity index (χ2n) is 4.23. The number of benzene rings is 1. The largest absolute Gasteiger partial charge is 0.522 e. The average molecular weight is 333 g/mol. The molecule has 0 amide bonds. The minimum atomic E-state index is -2.80. The van der Waals surface area contributed by atoms with Crippen LogP contribution in [0.25, 0.3) is 0 Å². The van der Waals surface area contributed by atoms with E-state index in [2.05, 4.69) is 41.1 Å². The van der Waals surface area contributed by atoms with Gasteiger partial charge in [0.2, 0.25) is 0 Å². The Kier molecular flexibility index (Phi) is 5.55. The molecule has 0 saturated heterocycles. The fourth-order valence-corrected chi connectivity index (χ4v) is 5.95. The van der Waals surface area contributed by atoms with Crippen LogP contribution in [-0.2, 0) is 23.6 Å². The molecule has 0 aliphatic heterocycles. The summed E-state index contributed by atoms with van der Waals surface area (Å²) in [7, 11) is 2.08. The van der Waals surface area contributed by atoms with Gasteiger partial charge in [-0.15, -0.1) is 0 Å². The van der Waals surface area contributed by atoms with Gasteiger partial charge in [0.25, 0.3) is 0 Å². The Hall–Kier alpha value is -0.203. The van der Waals surface area contributed by atoms with Gasteiger partial charge in [0, 0.05) is 21.3 Å². The number of hydrogen-bond acceptors (Lipinski definition) is 3. The van der Waals surface area contributed by atoms with E-state index in [4.69, 9.17) is 13.3 Å². The van der Waals surface area contributed by atoms with Crippen molar-refractivity contribution in [2.75, 3.05) is 21.3 Å². The van der Waals surface area contributed by atoms with Gasteiger partial charge in [0.1, 0.15) is 3.95 Å². The van der Waals surface area contributed by atoms with E-state index in [-0.39, 0.29) is 0 Å². The topological polar surface area (TPSA) is 27.7 Å². The van der Waals surface area contributed by atoms with Gasteiger partial charge in [-0.1, -0.05) is 47.1 Å². The standard InChI is InChI=1S/C13H21BrO3Si/c1-6-11-8-7-9-12(10-11)13(2,14)18(15-3,16-4)17-5/h7-10H,6H2,1-5H3. The van der Waals surface area contributed by atoms with Crippen molar-refractivity contribution in [3.8, 4) is 0 Å². The lowest BCUT2D eigenvalue weighted by atomic mass is 10.1. The highest BCUT2D eigenvalue weighted by atomic mass is 79.9. The zero-order valence-electron chi connectivity index (χ0n) is 11.6. The van der Waals surface area contributed by atoms with Crippen molar-refractivity contribution in [2.24, 2.45) is 0 Å². The van der Waals surface area contributed by atoms with E-state index in [0.717, 1.165) is 12.0 Å². The van der Waals surface area contributed by atoms with Gasteiger partial charge in [0.15, 0.2) is 0 Å². The Morgan fingerprint density at radius 2 is 1.72 bits per heavy atom. The zero-order valence-corrected chi connectivity index (χ0v) is 14.2. The lowest BCUT2D eigenvalue weighted by molar-refractivity contribution is 0.110. The summed E-state index contributed by atoms with van der Waals surface area (Å²) >= 11 is 3.74. The van der Waals surface area contributed by atoms with Crippen molar-refractivity contribution >= 4 is 24.7 Å². The van der Waals surface area contributed by atoms with Gasteiger partial charge < -0.3 is 13.3 Å². The SMILES string of the molecule is CCc1cccc(C(C)(Br)[Si](OC)(OC)OC)c1. The molecule has 0 radical (unpaired) electrons. The average Bonchev–Trinajstić information content (AvgIpc) is 2.41. The molecule has 0 N–H and O–H groups in total. The smallest absolute Gasteiger partial charge is 0.376 e. The Morgan fingerprint density at radius 1 is 1.17 bits per heavy atom. The number of alkyl halides is 1. The summed E-state index contributed by atoms with van der Waals surface area (Å²) in [6.45, 7) is 4.17. The molecule has 1 aromatic rings. The number of rotatable bonds is 6. The number of halogens is 1. The van der Waals surface area contributed by atoms with Crippen LogP contribution in [0.4, 0.5) is 0 Å². The molecule has 0 bridgehead atoms. The predicted molar refractivity (Wildman–Crippen MR) is 78.9 cm³/mol. The highest BCUT2D eigenvalue weighted by Crippen LogP contribution is 2.41. The van der Waals surface area contributed by atoms with E-state index >= 15 is 0 Å². The first-order valence-electron chi connectivity index (χ1n) is 5.91. The fourth-order valence-electron chi connectivity index (χ4n) is 2.09. The number of hydrogen-bond donors (Lipinski definition) is 0. The van der Waals surface area contributed by atoms with Crippen LogP contribution in [-0.4, -0.2) is 30.1 Å². The molecule has 1 atom stereocenters. The normalized spacial score (nSPS) is 15.4. The lowest BCUT2D eigenvalue weighted by Crippen LogP contribution is -2.57. The molecule has 5 heteroatoms. The maximum atomic E-state index is 5.58. The summed E-state index contributed by atoms with van der Waals surface area (Å²) < 4.78 is 16.3. The van der Waals surface area contributed by atoms with Crippen molar-refractivity contribution in [1.29, 1.82) is 0 Å². The number of aryl methyl sites for hydroxylation is 1.